The Bertz CT molecular complexity index is 335. The van der Waals surface area contributed by atoms with E-state index in [1.807, 2.05) is 24.3 Å². The fourth-order valence-corrected chi connectivity index (χ4v) is 1.88. The number of ketones is 1. The van der Waals surface area contributed by atoms with Crippen molar-refractivity contribution >= 4 is 21.7 Å². The van der Waals surface area contributed by atoms with E-state index in [1.54, 1.807) is 0 Å². The lowest BCUT2D eigenvalue weighted by Crippen LogP contribution is -2.23. The van der Waals surface area contributed by atoms with Crippen LogP contribution in [0, 0.1) is 0 Å². The van der Waals surface area contributed by atoms with Gasteiger partial charge in [-0.05, 0) is 25.1 Å². The Kier molecular flexibility index (Phi) is 7.13. The van der Waals surface area contributed by atoms with Crippen LogP contribution >= 0.6 is 15.9 Å². The van der Waals surface area contributed by atoms with Gasteiger partial charge in [0.1, 0.15) is 0 Å². The van der Waals surface area contributed by atoms with Crippen molar-refractivity contribution in [3.8, 4) is 0 Å². The molecule has 0 aliphatic carbocycles. The number of nitrogens with one attached hydrogen (secondary N) is 1. The summed E-state index contributed by atoms with van der Waals surface area (Å²) in [6.07, 6.45) is 4.93. The van der Waals surface area contributed by atoms with Gasteiger partial charge in [0, 0.05) is 10.0 Å². The standard InChI is InChI=1S/C14H20BrNO/c1-2-3-4-5-10-16-11-14(17)12-6-8-13(15)9-7-12/h6-9,16H,2-5,10-11H2,1H3. The first-order chi connectivity index (χ1) is 8.24. The van der Waals surface area contributed by atoms with E-state index in [0.717, 1.165) is 23.0 Å². The number of unbranched alkanes of at least 4 members (excludes halogenated alkanes) is 3. The molecule has 0 radical (unpaired) electrons. The lowest BCUT2D eigenvalue weighted by molar-refractivity contribution is 0.0991. The topological polar surface area (TPSA) is 29.1 Å². The molecule has 0 heterocycles. The van der Waals surface area contributed by atoms with E-state index in [0.29, 0.717) is 6.54 Å². The van der Waals surface area contributed by atoms with Crippen molar-refractivity contribution in [2.45, 2.75) is 32.6 Å². The molecule has 0 aliphatic heterocycles. The van der Waals surface area contributed by atoms with Gasteiger partial charge in [0.25, 0.3) is 0 Å². The molecule has 17 heavy (non-hydrogen) atoms. The second kappa shape index (κ2) is 8.43. The molecule has 1 aromatic rings. The van der Waals surface area contributed by atoms with Gasteiger partial charge in [-0.3, -0.25) is 4.79 Å². The van der Waals surface area contributed by atoms with Crippen LogP contribution < -0.4 is 5.32 Å². The van der Waals surface area contributed by atoms with Crippen LogP contribution in [0.25, 0.3) is 0 Å². The third-order valence-corrected chi connectivity index (χ3v) is 3.19. The maximum atomic E-state index is 11.8. The predicted octanol–water partition coefficient (Wildman–Crippen LogP) is 3.80. The molecule has 0 aromatic heterocycles. The fraction of sp³-hybridized carbons (Fsp3) is 0.500. The number of hydrogen-bond acceptors (Lipinski definition) is 2. The summed E-state index contributed by atoms with van der Waals surface area (Å²) in [6, 6.07) is 7.50. The number of carbonyl (C=O) groups is 1. The zero-order valence-electron chi connectivity index (χ0n) is 10.3. The van der Waals surface area contributed by atoms with Crippen molar-refractivity contribution in [2.75, 3.05) is 13.1 Å². The van der Waals surface area contributed by atoms with Crippen LogP contribution in [0.15, 0.2) is 28.7 Å². The van der Waals surface area contributed by atoms with Gasteiger partial charge in [-0.2, -0.15) is 0 Å². The minimum absolute atomic E-state index is 0.160. The van der Waals surface area contributed by atoms with Gasteiger partial charge in [0.2, 0.25) is 0 Å². The number of carbonyl (C=O) groups excluding carboxylic acids is 1. The minimum Gasteiger partial charge on any atom is -0.310 e. The molecule has 0 fully saturated rings. The first-order valence-electron chi connectivity index (χ1n) is 6.23. The molecular weight excluding hydrogens is 278 g/mol. The van der Waals surface area contributed by atoms with Gasteiger partial charge < -0.3 is 5.32 Å². The minimum atomic E-state index is 0.160. The molecule has 3 heteroatoms. The number of hydrogen-bond donors (Lipinski definition) is 1. The average molecular weight is 298 g/mol. The second-order valence-corrected chi connectivity index (χ2v) is 5.08. The molecule has 0 atom stereocenters. The van der Waals surface area contributed by atoms with Crippen molar-refractivity contribution in [1.29, 1.82) is 0 Å². The van der Waals surface area contributed by atoms with Crippen LogP contribution in [0.5, 0.6) is 0 Å². The van der Waals surface area contributed by atoms with Crippen LogP contribution in [-0.2, 0) is 0 Å². The van der Waals surface area contributed by atoms with Crippen molar-refractivity contribution in [3.63, 3.8) is 0 Å². The van der Waals surface area contributed by atoms with E-state index >= 15 is 0 Å². The van der Waals surface area contributed by atoms with E-state index < -0.39 is 0 Å². The molecule has 0 bridgehead atoms. The summed E-state index contributed by atoms with van der Waals surface area (Å²) in [5.41, 5.74) is 0.772. The molecule has 0 aliphatic rings. The SMILES string of the molecule is CCCCCCNCC(=O)c1ccc(Br)cc1. The fourth-order valence-electron chi connectivity index (χ4n) is 1.62. The molecule has 2 nitrogen and oxygen atoms in total. The molecule has 0 spiro atoms. The lowest BCUT2D eigenvalue weighted by Gasteiger charge is -2.04. The van der Waals surface area contributed by atoms with E-state index in [9.17, 15) is 4.79 Å². The third kappa shape index (κ3) is 5.99. The summed E-state index contributed by atoms with van der Waals surface area (Å²) in [4.78, 5) is 11.8. The Hall–Kier alpha value is -0.670. The number of benzene rings is 1. The zero-order chi connectivity index (χ0) is 12.5. The third-order valence-electron chi connectivity index (χ3n) is 2.66. The molecule has 1 aromatic carbocycles. The van der Waals surface area contributed by atoms with Crippen molar-refractivity contribution in [1.82, 2.24) is 5.32 Å². The van der Waals surface area contributed by atoms with E-state index in [1.165, 1.54) is 19.3 Å². The summed E-state index contributed by atoms with van der Waals surface area (Å²) >= 11 is 3.36. The highest BCUT2D eigenvalue weighted by atomic mass is 79.9. The number of Topliss-reactive ketones (excluding diaryl/α,β-unsaturated/α-hetero) is 1. The first-order valence-corrected chi connectivity index (χ1v) is 7.03. The zero-order valence-corrected chi connectivity index (χ0v) is 11.9. The highest BCUT2D eigenvalue weighted by Gasteiger charge is 2.04. The van der Waals surface area contributed by atoms with Crippen molar-refractivity contribution in [3.05, 3.63) is 34.3 Å². The second-order valence-electron chi connectivity index (χ2n) is 4.17. The van der Waals surface area contributed by atoms with Gasteiger partial charge in [0.05, 0.1) is 6.54 Å². The Labute approximate surface area is 112 Å². The van der Waals surface area contributed by atoms with Gasteiger partial charge in [-0.1, -0.05) is 54.2 Å². The Morgan fingerprint density at radius 1 is 1.18 bits per heavy atom. The maximum Gasteiger partial charge on any atom is 0.176 e. The molecule has 94 valence electrons. The van der Waals surface area contributed by atoms with Crippen LogP contribution in [0.2, 0.25) is 0 Å². The van der Waals surface area contributed by atoms with Crippen LogP contribution in [-0.4, -0.2) is 18.9 Å². The number of rotatable bonds is 8. The summed E-state index contributed by atoms with van der Waals surface area (Å²) in [6.45, 7) is 3.57. The molecule has 0 unspecified atom stereocenters. The smallest absolute Gasteiger partial charge is 0.176 e. The van der Waals surface area contributed by atoms with Gasteiger partial charge in [-0.25, -0.2) is 0 Å². The largest absolute Gasteiger partial charge is 0.310 e. The highest BCUT2D eigenvalue weighted by Crippen LogP contribution is 2.10. The first kappa shape index (κ1) is 14.4. The molecule has 0 saturated carbocycles. The summed E-state index contributed by atoms with van der Waals surface area (Å²) in [5, 5.41) is 3.20. The van der Waals surface area contributed by atoms with Crippen LogP contribution in [0.1, 0.15) is 43.0 Å². The van der Waals surface area contributed by atoms with Gasteiger partial charge >= 0.3 is 0 Å². The van der Waals surface area contributed by atoms with E-state index in [4.69, 9.17) is 0 Å². The highest BCUT2D eigenvalue weighted by molar-refractivity contribution is 9.10. The van der Waals surface area contributed by atoms with Crippen LogP contribution in [0.4, 0.5) is 0 Å². The van der Waals surface area contributed by atoms with E-state index in [-0.39, 0.29) is 5.78 Å². The van der Waals surface area contributed by atoms with Crippen LogP contribution in [0.3, 0.4) is 0 Å². The Morgan fingerprint density at radius 3 is 2.53 bits per heavy atom. The quantitative estimate of drug-likeness (QED) is 0.584. The summed E-state index contributed by atoms with van der Waals surface area (Å²) in [5.74, 6) is 0.160. The predicted molar refractivity (Wildman–Crippen MR) is 75.5 cm³/mol. The molecule has 1 N–H and O–H groups in total. The molecule has 0 amide bonds. The summed E-state index contributed by atoms with van der Waals surface area (Å²) in [7, 11) is 0. The van der Waals surface area contributed by atoms with Crippen molar-refractivity contribution in [2.24, 2.45) is 0 Å². The average Bonchev–Trinajstić information content (AvgIpc) is 2.34. The molecule has 0 saturated heterocycles. The number of halogens is 1. The monoisotopic (exact) mass is 297 g/mol. The molecule has 1 rings (SSSR count). The Balaban J connectivity index is 2.19. The molecular formula is C14H20BrNO. The summed E-state index contributed by atoms with van der Waals surface area (Å²) < 4.78 is 1.00. The van der Waals surface area contributed by atoms with Gasteiger partial charge in [0.15, 0.2) is 5.78 Å². The maximum absolute atomic E-state index is 11.8. The normalized spacial score (nSPS) is 10.5. The lowest BCUT2D eigenvalue weighted by atomic mass is 10.1. The Morgan fingerprint density at radius 2 is 1.88 bits per heavy atom. The van der Waals surface area contributed by atoms with Gasteiger partial charge in [-0.15, -0.1) is 0 Å². The van der Waals surface area contributed by atoms with Crippen molar-refractivity contribution < 1.29 is 4.79 Å². The van der Waals surface area contributed by atoms with E-state index in [2.05, 4.69) is 28.2 Å².